The van der Waals surface area contributed by atoms with E-state index in [0.29, 0.717) is 28.2 Å². The van der Waals surface area contributed by atoms with Crippen LogP contribution >= 0.6 is 0 Å². The number of benzene rings is 1. The molecule has 0 aliphatic carbocycles. The number of pyridine rings is 3. The lowest BCUT2D eigenvalue weighted by atomic mass is 10.1. The second kappa shape index (κ2) is 10.4. The molecule has 0 radical (unpaired) electrons. The zero-order valence-electron chi connectivity index (χ0n) is 20.8. The minimum atomic E-state index is -3.60. The van der Waals surface area contributed by atoms with Gasteiger partial charge in [-0.15, -0.1) is 0 Å². The molecule has 0 spiro atoms. The van der Waals surface area contributed by atoms with E-state index < -0.39 is 26.8 Å². The topological polar surface area (TPSA) is 120 Å². The van der Waals surface area contributed by atoms with E-state index in [0.717, 1.165) is 5.39 Å². The van der Waals surface area contributed by atoms with Crippen LogP contribution in [-0.4, -0.2) is 47.7 Å². The number of hydrogen-bond acceptors (Lipinski definition) is 8. The Balaban J connectivity index is 1.35. The van der Waals surface area contributed by atoms with Gasteiger partial charge >= 0.3 is 0 Å². The Morgan fingerprint density at radius 2 is 1.92 bits per heavy atom. The summed E-state index contributed by atoms with van der Waals surface area (Å²) in [6, 6.07) is 12.7. The highest BCUT2D eigenvalue weighted by Gasteiger charge is 2.30. The van der Waals surface area contributed by atoms with Crippen molar-refractivity contribution in [3.05, 3.63) is 77.4 Å². The lowest BCUT2D eigenvalue weighted by molar-refractivity contribution is 0.0950. The molecule has 38 heavy (non-hydrogen) atoms. The summed E-state index contributed by atoms with van der Waals surface area (Å²) in [5.74, 6) is -1.06. The molecule has 1 aromatic carbocycles. The van der Waals surface area contributed by atoms with Crippen LogP contribution in [0.1, 0.15) is 35.5 Å². The predicted octanol–water partition coefficient (Wildman–Crippen LogP) is 3.85. The van der Waals surface area contributed by atoms with Crippen LogP contribution < -0.4 is 10.1 Å². The molecule has 0 bridgehead atoms. The summed E-state index contributed by atoms with van der Waals surface area (Å²) in [5, 5.41) is 2.87. The standard InChI is InChI=1S/C27H25FN4O5S/c1-3-37-27-21(28)7-9-23(32-27)22-8-6-18-12-29-20(11-24(18)31-22)13-30-26(33)17-4-5-19-15-36-14-16(2)38(34,35)25(19)10-17/h4-12,16H,3,13-15H2,1-2H3,(H,30,33)/t16-/m0/s1. The van der Waals surface area contributed by atoms with E-state index >= 15 is 0 Å². The Morgan fingerprint density at radius 1 is 1.13 bits per heavy atom. The van der Waals surface area contributed by atoms with Crippen molar-refractivity contribution in [3.8, 4) is 17.3 Å². The van der Waals surface area contributed by atoms with Crippen LogP contribution in [0.4, 0.5) is 4.39 Å². The van der Waals surface area contributed by atoms with Crippen LogP contribution in [0.5, 0.6) is 5.88 Å². The average molecular weight is 537 g/mol. The van der Waals surface area contributed by atoms with Crippen molar-refractivity contribution < 1.29 is 27.1 Å². The Labute approximate surface area is 219 Å². The Hall–Kier alpha value is -3.96. The number of nitrogens with zero attached hydrogens (tertiary/aromatic N) is 3. The zero-order chi connectivity index (χ0) is 26.9. The van der Waals surface area contributed by atoms with Gasteiger partial charge in [-0.2, -0.15) is 0 Å². The van der Waals surface area contributed by atoms with E-state index in [1.54, 1.807) is 44.3 Å². The molecular weight excluding hydrogens is 511 g/mol. The van der Waals surface area contributed by atoms with Crippen LogP contribution in [0, 0.1) is 5.82 Å². The van der Waals surface area contributed by atoms with Gasteiger partial charge in [-0.3, -0.25) is 9.78 Å². The third-order valence-corrected chi connectivity index (χ3v) is 8.38. The molecule has 4 heterocycles. The van der Waals surface area contributed by atoms with E-state index in [1.165, 1.54) is 18.2 Å². The maximum Gasteiger partial charge on any atom is 0.251 e. The first-order valence-electron chi connectivity index (χ1n) is 12.0. The summed E-state index contributed by atoms with van der Waals surface area (Å²) < 4.78 is 50.3. The number of sulfone groups is 1. The Kier molecular flexibility index (Phi) is 7.04. The molecule has 0 fully saturated rings. The molecule has 0 unspecified atom stereocenters. The second-order valence-corrected chi connectivity index (χ2v) is 11.2. The maximum absolute atomic E-state index is 13.9. The highest BCUT2D eigenvalue weighted by atomic mass is 32.2. The van der Waals surface area contributed by atoms with Gasteiger partial charge in [0.25, 0.3) is 11.8 Å². The average Bonchev–Trinajstić information content (AvgIpc) is 3.03. The molecule has 1 N–H and O–H groups in total. The predicted molar refractivity (Wildman–Crippen MR) is 138 cm³/mol. The molecule has 3 aromatic heterocycles. The minimum Gasteiger partial charge on any atom is -0.476 e. The van der Waals surface area contributed by atoms with E-state index in [1.807, 2.05) is 6.07 Å². The first-order chi connectivity index (χ1) is 18.3. The number of carbonyl (C=O) groups is 1. The number of halogens is 1. The molecule has 4 aromatic rings. The van der Waals surface area contributed by atoms with Crippen LogP contribution in [0.25, 0.3) is 22.3 Å². The third-order valence-electron chi connectivity index (χ3n) is 6.19. The number of rotatable bonds is 6. The van der Waals surface area contributed by atoms with Crippen LogP contribution in [0.15, 0.2) is 59.6 Å². The number of ether oxygens (including phenoxy) is 2. The quantitative estimate of drug-likeness (QED) is 0.395. The van der Waals surface area contributed by atoms with Crippen molar-refractivity contribution in [2.24, 2.45) is 0 Å². The lowest BCUT2D eigenvalue weighted by Crippen LogP contribution is -2.24. The molecular formula is C27H25FN4O5S. The smallest absolute Gasteiger partial charge is 0.251 e. The van der Waals surface area contributed by atoms with Crippen molar-refractivity contribution in [3.63, 3.8) is 0 Å². The fraction of sp³-hybridized carbons (Fsp3) is 0.259. The van der Waals surface area contributed by atoms with Crippen LogP contribution in [-0.2, 0) is 27.7 Å². The van der Waals surface area contributed by atoms with Crippen LogP contribution in [0.2, 0.25) is 0 Å². The number of carbonyl (C=O) groups excluding carboxylic acids is 1. The summed E-state index contributed by atoms with van der Waals surface area (Å²) >= 11 is 0. The molecule has 1 aliphatic rings. The Morgan fingerprint density at radius 3 is 2.74 bits per heavy atom. The largest absolute Gasteiger partial charge is 0.476 e. The van der Waals surface area contributed by atoms with Gasteiger partial charge in [0, 0.05) is 17.1 Å². The first-order valence-corrected chi connectivity index (χ1v) is 13.6. The second-order valence-electron chi connectivity index (χ2n) is 8.86. The van der Waals surface area contributed by atoms with Crippen molar-refractivity contribution in [2.45, 2.75) is 37.1 Å². The van der Waals surface area contributed by atoms with Crippen molar-refractivity contribution >= 4 is 26.6 Å². The van der Waals surface area contributed by atoms with Crippen molar-refractivity contribution in [1.82, 2.24) is 20.3 Å². The zero-order valence-corrected chi connectivity index (χ0v) is 21.6. The minimum absolute atomic E-state index is 0.0855. The van der Waals surface area contributed by atoms with Gasteiger partial charge in [0.15, 0.2) is 15.7 Å². The molecule has 0 saturated heterocycles. The number of nitrogens with one attached hydrogen (secondary N) is 1. The van der Waals surface area contributed by atoms with Crippen molar-refractivity contribution in [1.29, 1.82) is 0 Å². The van der Waals surface area contributed by atoms with Crippen molar-refractivity contribution in [2.75, 3.05) is 13.2 Å². The highest BCUT2D eigenvalue weighted by Crippen LogP contribution is 2.27. The van der Waals surface area contributed by atoms with E-state index in [-0.39, 0.29) is 42.7 Å². The first kappa shape index (κ1) is 25.7. The monoisotopic (exact) mass is 536 g/mol. The fourth-order valence-electron chi connectivity index (χ4n) is 4.10. The fourth-order valence-corrected chi connectivity index (χ4v) is 5.59. The molecule has 9 nitrogen and oxygen atoms in total. The SMILES string of the molecule is CCOc1nc(-c2ccc3cnc(CNC(=O)c4ccc5c(c4)S(=O)(=O)[C@@H](C)COC5)cc3n2)ccc1F. The van der Waals surface area contributed by atoms with Gasteiger partial charge in [-0.25, -0.2) is 22.8 Å². The summed E-state index contributed by atoms with van der Waals surface area (Å²) in [7, 11) is -3.60. The number of aromatic nitrogens is 3. The molecule has 5 rings (SSSR count). The maximum atomic E-state index is 13.9. The number of hydrogen-bond donors (Lipinski definition) is 1. The highest BCUT2D eigenvalue weighted by molar-refractivity contribution is 7.92. The number of fused-ring (bicyclic) bond motifs is 2. The summed E-state index contributed by atoms with van der Waals surface area (Å²) in [5.41, 5.74) is 2.94. The third kappa shape index (κ3) is 5.07. The normalized spacial score (nSPS) is 16.4. The summed E-state index contributed by atoms with van der Waals surface area (Å²) in [6.07, 6.45) is 1.65. The molecule has 1 atom stereocenters. The van der Waals surface area contributed by atoms with Gasteiger partial charge in [-0.1, -0.05) is 6.07 Å². The summed E-state index contributed by atoms with van der Waals surface area (Å²) in [6.45, 7) is 4.01. The molecule has 0 saturated carbocycles. The summed E-state index contributed by atoms with van der Waals surface area (Å²) in [4.78, 5) is 26.2. The Bertz CT molecular complexity index is 1640. The van der Waals surface area contributed by atoms with Gasteiger partial charge < -0.3 is 14.8 Å². The van der Waals surface area contributed by atoms with E-state index in [2.05, 4.69) is 20.3 Å². The van der Waals surface area contributed by atoms with E-state index in [9.17, 15) is 17.6 Å². The van der Waals surface area contributed by atoms with Gasteiger partial charge in [0.1, 0.15) is 0 Å². The molecule has 1 amide bonds. The molecule has 1 aliphatic heterocycles. The molecule has 196 valence electrons. The lowest BCUT2D eigenvalue weighted by Gasteiger charge is -2.12. The van der Waals surface area contributed by atoms with Gasteiger partial charge in [-0.05, 0) is 61.9 Å². The molecule has 11 heteroatoms. The number of amides is 1. The van der Waals surface area contributed by atoms with Gasteiger partial charge in [0.2, 0.25) is 0 Å². The van der Waals surface area contributed by atoms with Gasteiger partial charge in [0.05, 0.1) is 59.1 Å². The van der Waals surface area contributed by atoms with E-state index in [4.69, 9.17) is 9.47 Å². The van der Waals surface area contributed by atoms with Crippen LogP contribution in [0.3, 0.4) is 0 Å².